The summed E-state index contributed by atoms with van der Waals surface area (Å²) in [5.41, 5.74) is 1.26. The van der Waals surface area contributed by atoms with E-state index in [1.165, 1.54) is 7.11 Å². The van der Waals surface area contributed by atoms with Gasteiger partial charge in [-0.15, -0.1) is 0 Å². The molecule has 0 N–H and O–H groups in total. The molecule has 0 amide bonds. The lowest BCUT2D eigenvalue weighted by molar-refractivity contribution is -0.150. The van der Waals surface area contributed by atoms with E-state index >= 15 is 0 Å². The van der Waals surface area contributed by atoms with Gasteiger partial charge in [-0.2, -0.15) is 5.26 Å². The first-order valence-corrected chi connectivity index (χ1v) is 11.3. The largest absolute Gasteiger partial charge is 0.468 e. The van der Waals surface area contributed by atoms with Crippen molar-refractivity contribution in [1.82, 2.24) is 0 Å². The average molecular weight is 469 g/mol. The number of rotatable bonds is 4. The van der Waals surface area contributed by atoms with Crippen LogP contribution in [0.1, 0.15) is 27.4 Å². The van der Waals surface area contributed by atoms with Gasteiger partial charge in [0, 0.05) is 22.2 Å². The fraction of sp³-hybridized carbons (Fsp3) is 0.179. The lowest BCUT2D eigenvalue weighted by atomic mass is 9.68. The van der Waals surface area contributed by atoms with Crippen molar-refractivity contribution in [3.05, 3.63) is 107 Å². The molecule has 0 radical (unpaired) electrons. The molecule has 0 aliphatic carbocycles. The number of carbonyl (C=O) groups excluding carboxylic acids is 2. The Morgan fingerprint density at radius 2 is 1.68 bits per heavy atom. The third-order valence-corrected chi connectivity index (χ3v) is 7.06. The summed E-state index contributed by atoms with van der Waals surface area (Å²) in [7, 11) is 1.28. The molecule has 2 heterocycles. The van der Waals surface area contributed by atoms with E-state index in [0.717, 1.165) is 16.8 Å². The molecule has 1 saturated heterocycles. The van der Waals surface area contributed by atoms with Gasteiger partial charge in [0.15, 0.2) is 11.2 Å². The predicted molar refractivity (Wildman–Crippen MR) is 131 cm³/mol. The normalized spacial score (nSPS) is 24.6. The molecular weight excluding hydrogens is 448 g/mol. The Morgan fingerprint density at radius 1 is 1.00 bits per heavy atom. The molecule has 3 aromatic rings. The van der Waals surface area contributed by atoms with Crippen LogP contribution in [0.3, 0.4) is 0 Å². The standard InChI is InChI=1S/C28H21ClN2O3/c1-34-27(33)28(17-30)23-16-13-18-7-5-6-10-22(18)31(23)25(24(28)19-8-3-2-4-9-19)26(32)20-11-14-21(29)15-12-20/h2-16,23-25H,1H3/t23-,24+,25-,28-/m0/s1. The maximum absolute atomic E-state index is 14.2. The van der Waals surface area contributed by atoms with E-state index in [-0.39, 0.29) is 5.78 Å². The quantitative estimate of drug-likeness (QED) is 0.385. The highest BCUT2D eigenvalue weighted by molar-refractivity contribution is 6.30. The topological polar surface area (TPSA) is 70.4 Å². The van der Waals surface area contributed by atoms with E-state index in [2.05, 4.69) is 6.07 Å². The van der Waals surface area contributed by atoms with Crippen LogP contribution in [0.25, 0.3) is 6.08 Å². The Hall–Kier alpha value is -3.88. The smallest absolute Gasteiger partial charge is 0.329 e. The molecule has 2 aliphatic rings. The average Bonchev–Trinajstić information content (AvgIpc) is 3.20. The van der Waals surface area contributed by atoms with Crippen LogP contribution in [0.5, 0.6) is 0 Å². The number of hydrogen-bond donors (Lipinski definition) is 0. The Bertz CT molecular complexity index is 1330. The van der Waals surface area contributed by atoms with Crippen LogP contribution in [0.2, 0.25) is 5.02 Å². The summed E-state index contributed by atoms with van der Waals surface area (Å²) < 4.78 is 5.22. The zero-order valence-electron chi connectivity index (χ0n) is 18.4. The summed E-state index contributed by atoms with van der Waals surface area (Å²) in [4.78, 5) is 29.5. The second-order valence-corrected chi connectivity index (χ2v) is 8.88. The molecule has 0 unspecified atom stereocenters. The van der Waals surface area contributed by atoms with E-state index in [4.69, 9.17) is 16.3 Å². The van der Waals surface area contributed by atoms with Crippen molar-refractivity contribution in [3.63, 3.8) is 0 Å². The van der Waals surface area contributed by atoms with Crippen molar-refractivity contribution in [1.29, 1.82) is 5.26 Å². The Kier molecular flexibility index (Phi) is 5.47. The molecule has 5 rings (SSSR count). The minimum absolute atomic E-state index is 0.193. The molecule has 0 bridgehead atoms. The third kappa shape index (κ3) is 3.14. The Balaban J connectivity index is 1.81. The molecule has 5 nitrogen and oxygen atoms in total. The molecule has 0 spiro atoms. The van der Waals surface area contributed by atoms with E-state index in [9.17, 15) is 14.9 Å². The van der Waals surface area contributed by atoms with Gasteiger partial charge >= 0.3 is 5.97 Å². The summed E-state index contributed by atoms with van der Waals surface area (Å²) in [6.07, 6.45) is 3.75. The number of fused-ring (bicyclic) bond motifs is 3. The van der Waals surface area contributed by atoms with E-state index in [1.807, 2.05) is 71.6 Å². The summed E-state index contributed by atoms with van der Waals surface area (Å²) >= 11 is 6.07. The van der Waals surface area contributed by atoms with E-state index < -0.39 is 29.4 Å². The van der Waals surface area contributed by atoms with Crippen molar-refractivity contribution >= 4 is 35.1 Å². The number of nitriles is 1. The van der Waals surface area contributed by atoms with Crippen molar-refractivity contribution < 1.29 is 14.3 Å². The number of carbonyl (C=O) groups is 2. The lowest BCUT2D eigenvalue weighted by Crippen LogP contribution is -2.46. The van der Waals surface area contributed by atoms with Gasteiger partial charge in [0.05, 0.1) is 19.2 Å². The van der Waals surface area contributed by atoms with Gasteiger partial charge in [0.1, 0.15) is 6.04 Å². The minimum atomic E-state index is -1.63. The molecule has 0 aromatic heterocycles. The van der Waals surface area contributed by atoms with E-state index in [1.54, 1.807) is 24.3 Å². The molecule has 168 valence electrons. The molecule has 6 heteroatoms. The molecule has 4 atom stereocenters. The van der Waals surface area contributed by atoms with Gasteiger partial charge in [0.2, 0.25) is 0 Å². The van der Waals surface area contributed by atoms with Gasteiger partial charge < -0.3 is 9.64 Å². The zero-order valence-corrected chi connectivity index (χ0v) is 19.1. The first-order chi connectivity index (χ1) is 16.5. The lowest BCUT2D eigenvalue weighted by Gasteiger charge is -2.36. The number of Topliss-reactive ketones (excluding diaryl/α,β-unsaturated/α-hetero) is 1. The van der Waals surface area contributed by atoms with Crippen molar-refractivity contribution in [3.8, 4) is 6.07 Å². The van der Waals surface area contributed by atoms with Crippen LogP contribution >= 0.6 is 11.6 Å². The predicted octanol–water partition coefficient (Wildman–Crippen LogP) is 5.27. The number of para-hydroxylation sites is 1. The fourth-order valence-electron chi connectivity index (χ4n) is 5.35. The number of ketones is 1. The van der Waals surface area contributed by atoms with Crippen LogP contribution in [-0.4, -0.2) is 30.9 Å². The maximum atomic E-state index is 14.2. The molecular formula is C28H21ClN2O3. The van der Waals surface area contributed by atoms with Crippen molar-refractivity contribution in [2.75, 3.05) is 12.0 Å². The second kappa shape index (κ2) is 8.48. The summed E-state index contributed by atoms with van der Waals surface area (Å²) in [5, 5.41) is 11.1. The molecule has 34 heavy (non-hydrogen) atoms. The number of benzene rings is 3. The highest BCUT2D eigenvalue weighted by Gasteiger charge is 2.67. The number of esters is 1. The van der Waals surface area contributed by atoms with Gasteiger partial charge in [-0.1, -0.05) is 72.3 Å². The van der Waals surface area contributed by atoms with Gasteiger partial charge in [0.25, 0.3) is 0 Å². The monoisotopic (exact) mass is 468 g/mol. The van der Waals surface area contributed by atoms with Crippen molar-refractivity contribution in [2.24, 2.45) is 5.41 Å². The van der Waals surface area contributed by atoms with Crippen LogP contribution in [0.15, 0.2) is 84.9 Å². The number of hydrogen-bond acceptors (Lipinski definition) is 5. The number of halogens is 1. The maximum Gasteiger partial charge on any atom is 0.329 e. The minimum Gasteiger partial charge on any atom is -0.468 e. The first-order valence-electron chi connectivity index (χ1n) is 10.9. The van der Waals surface area contributed by atoms with Gasteiger partial charge in [-0.3, -0.25) is 9.59 Å². The zero-order chi connectivity index (χ0) is 23.9. The SMILES string of the molecule is COC(=O)[C@]1(C#N)[C@H](c2ccccc2)[C@@H](C(=O)c2ccc(Cl)cc2)N2c3ccccc3C=C[C@H]21. The Morgan fingerprint density at radius 3 is 2.35 bits per heavy atom. The van der Waals surface area contributed by atoms with Gasteiger partial charge in [-0.25, -0.2) is 0 Å². The summed E-state index contributed by atoms with van der Waals surface area (Å²) in [6, 6.07) is 24.4. The van der Waals surface area contributed by atoms with Crippen LogP contribution in [-0.2, 0) is 9.53 Å². The summed E-state index contributed by atoms with van der Waals surface area (Å²) in [6.45, 7) is 0. The highest BCUT2D eigenvalue weighted by Crippen LogP contribution is 2.56. The van der Waals surface area contributed by atoms with Crippen LogP contribution in [0.4, 0.5) is 5.69 Å². The first kappa shape index (κ1) is 21.9. The van der Waals surface area contributed by atoms with Crippen LogP contribution in [0, 0.1) is 16.7 Å². The second-order valence-electron chi connectivity index (χ2n) is 8.45. The molecule has 0 saturated carbocycles. The third-order valence-electron chi connectivity index (χ3n) is 6.81. The Labute approximate surface area is 202 Å². The van der Waals surface area contributed by atoms with Gasteiger partial charge in [-0.05, 0) is 41.5 Å². The number of anilines is 1. The number of nitrogens with zero attached hydrogens (tertiary/aromatic N) is 2. The molecule has 1 fully saturated rings. The molecule has 2 aliphatic heterocycles. The fourth-order valence-corrected chi connectivity index (χ4v) is 5.48. The van der Waals surface area contributed by atoms with Crippen LogP contribution < -0.4 is 4.90 Å². The molecule has 3 aromatic carbocycles. The van der Waals surface area contributed by atoms with E-state index in [0.29, 0.717) is 10.6 Å². The number of methoxy groups -OCH3 is 1. The number of ether oxygens (including phenoxy) is 1. The highest BCUT2D eigenvalue weighted by atomic mass is 35.5. The van der Waals surface area contributed by atoms with Crippen molar-refractivity contribution in [2.45, 2.75) is 18.0 Å². The summed E-state index contributed by atoms with van der Waals surface area (Å²) in [5.74, 6) is -1.62.